The van der Waals surface area contributed by atoms with Crippen LogP contribution in [-0.4, -0.2) is 23.1 Å². The molecule has 3 atom stereocenters. The van der Waals surface area contributed by atoms with Crippen molar-refractivity contribution < 1.29 is 9.59 Å². The molecule has 2 fully saturated rings. The lowest BCUT2D eigenvalue weighted by Crippen LogP contribution is -2.51. The predicted octanol–water partition coefficient (Wildman–Crippen LogP) is 4.71. The van der Waals surface area contributed by atoms with Crippen LogP contribution in [0.25, 0.3) is 6.08 Å². The number of halogens is 1. The van der Waals surface area contributed by atoms with Gasteiger partial charge in [0.2, 0.25) is 5.91 Å². The van der Waals surface area contributed by atoms with Crippen molar-refractivity contribution in [1.29, 1.82) is 0 Å². The Hall–Kier alpha value is -2.24. The molecule has 0 aromatic heterocycles. The number of hydrogen-bond acceptors (Lipinski definition) is 3. The van der Waals surface area contributed by atoms with E-state index in [1.165, 1.54) is 5.56 Å². The zero-order valence-electron chi connectivity index (χ0n) is 16.9. The highest BCUT2D eigenvalue weighted by Gasteiger charge is 2.39. The van der Waals surface area contributed by atoms with Crippen molar-refractivity contribution in [2.24, 2.45) is 5.92 Å². The van der Waals surface area contributed by atoms with Crippen molar-refractivity contribution in [2.45, 2.75) is 44.0 Å². The number of thioether (sulfide) groups is 1. The summed E-state index contributed by atoms with van der Waals surface area (Å²) in [6.07, 6.45) is 4.38. The first kappa shape index (κ1) is 21.0. The Morgan fingerprint density at radius 1 is 1.23 bits per heavy atom. The molecule has 1 saturated heterocycles. The molecule has 0 spiro atoms. The zero-order valence-corrected chi connectivity index (χ0v) is 18.4. The van der Waals surface area contributed by atoms with Gasteiger partial charge in [0.1, 0.15) is 0 Å². The fourth-order valence-electron chi connectivity index (χ4n) is 4.11. The highest BCUT2D eigenvalue weighted by atomic mass is 35.5. The molecule has 4 nitrogen and oxygen atoms in total. The van der Waals surface area contributed by atoms with Crippen molar-refractivity contribution in [3.8, 4) is 0 Å². The lowest BCUT2D eigenvalue weighted by molar-refractivity contribution is -0.127. The summed E-state index contributed by atoms with van der Waals surface area (Å²) in [6.45, 7) is 2.47. The normalized spacial score (nSPS) is 24.8. The van der Waals surface area contributed by atoms with Gasteiger partial charge in [0.15, 0.2) is 0 Å². The molecule has 2 amide bonds. The van der Waals surface area contributed by atoms with Gasteiger partial charge in [-0.1, -0.05) is 59.6 Å². The van der Waals surface area contributed by atoms with Crippen LogP contribution < -0.4 is 10.6 Å². The highest BCUT2D eigenvalue weighted by Crippen LogP contribution is 2.40. The number of benzene rings is 2. The van der Waals surface area contributed by atoms with Crippen molar-refractivity contribution >= 4 is 41.3 Å². The summed E-state index contributed by atoms with van der Waals surface area (Å²) in [6, 6.07) is 15.7. The van der Waals surface area contributed by atoms with E-state index in [4.69, 9.17) is 11.6 Å². The first-order valence-corrected chi connectivity index (χ1v) is 11.5. The molecule has 1 saturated carbocycles. The summed E-state index contributed by atoms with van der Waals surface area (Å²) < 4.78 is 0. The largest absolute Gasteiger partial charge is 0.352 e. The molecular weight excluding hydrogens is 416 g/mol. The van der Waals surface area contributed by atoms with Crippen molar-refractivity contribution in [2.75, 3.05) is 0 Å². The van der Waals surface area contributed by atoms with Crippen LogP contribution in [0.15, 0.2) is 53.4 Å². The molecule has 2 N–H and O–H groups in total. The first-order valence-electron chi connectivity index (χ1n) is 10.3. The van der Waals surface area contributed by atoms with E-state index >= 15 is 0 Å². The second kappa shape index (κ2) is 9.27. The van der Waals surface area contributed by atoms with Crippen LogP contribution in [0, 0.1) is 12.8 Å². The number of rotatable bonds is 4. The molecule has 156 valence electrons. The first-order chi connectivity index (χ1) is 14.5. The van der Waals surface area contributed by atoms with Crippen LogP contribution in [0.4, 0.5) is 0 Å². The molecule has 0 bridgehead atoms. The number of hydrogen-bond donors (Lipinski definition) is 2. The van der Waals surface area contributed by atoms with Crippen LogP contribution in [0.3, 0.4) is 0 Å². The fourth-order valence-corrected chi connectivity index (χ4v) is 5.61. The molecule has 2 aliphatic rings. The average Bonchev–Trinajstić information content (AvgIpc) is 2.73. The predicted molar refractivity (Wildman–Crippen MR) is 123 cm³/mol. The van der Waals surface area contributed by atoms with Gasteiger partial charge in [-0.3, -0.25) is 9.59 Å². The third-order valence-electron chi connectivity index (χ3n) is 5.73. The maximum absolute atomic E-state index is 12.7. The molecular formula is C24H25ClN2O2S. The topological polar surface area (TPSA) is 58.2 Å². The summed E-state index contributed by atoms with van der Waals surface area (Å²) in [4.78, 5) is 26.1. The molecule has 2 aromatic carbocycles. The van der Waals surface area contributed by atoms with Crippen LogP contribution in [-0.2, 0) is 16.1 Å². The molecule has 6 heteroatoms. The summed E-state index contributed by atoms with van der Waals surface area (Å²) in [7, 11) is 0. The molecule has 0 radical (unpaired) electrons. The molecule has 3 unspecified atom stereocenters. The second-order valence-electron chi connectivity index (χ2n) is 7.98. The van der Waals surface area contributed by atoms with Gasteiger partial charge >= 0.3 is 0 Å². The van der Waals surface area contributed by atoms with Gasteiger partial charge in [-0.2, -0.15) is 0 Å². The number of aryl methyl sites for hydroxylation is 1. The quantitative estimate of drug-likeness (QED) is 0.677. The maximum Gasteiger partial charge on any atom is 0.257 e. The van der Waals surface area contributed by atoms with E-state index in [0.717, 1.165) is 28.9 Å². The Bertz CT molecular complexity index is 991. The van der Waals surface area contributed by atoms with E-state index in [2.05, 4.69) is 16.7 Å². The van der Waals surface area contributed by atoms with Gasteiger partial charge in [0.25, 0.3) is 5.91 Å². The van der Waals surface area contributed by atoms with Crippen LogP contribution in [0.1, 0.15) is 36.0 Å². The van der Waals surface area contributed by atoms with E-state index in [9.17, 15) is 9.59 Å². The van der Waals surface area contributed by atoms with Gasteiger partial charge < -0.3 is 10.6 Å². The molecule has 1 aliphatic heterocycles. The Balaban J connectivity index is 1.36. The van der Waals surface area contributed by atoms with Crippen molar-refractivity contribution in [3.05, 3.63) is 75.1 Å². The van der Waals surface area contributed by atoms with E-state index in [-0.39, 0.29) is 23.8 Å². The Kier molecular flexibility index (Phi) is 6.49. The summed E-state index contributed by atoms with van der Waals surface area (Å²) in [5.74, 6) is -0.0921. The van der Waals surface area contributed by atoms with E-state index in [1.807, 2.05) is 55.5 Å². The number of nitrogens with one attached hydrogen (secondary N) is 2. The molecule has 2 aromatic rings. The Morgan fingerprint density at radius 2 is 2.07 bits per heavy atom. The van der Waals surface area contributed by atoms with Gasteiger partial charge in [0, 0.05) is 28.8 Å². The van der Waals surface area contributed by atoms with Gasteiger partial charge in [-0.05, 0) is 49.5 Å². The molecule has 1 aliphatic carbocycles. The Labute approximate surface area is 186 Å². The third kappa shape index (κ3) is 4.90. The SMILES string of the molecule is Cc1cccc(/C=C2/SC3CCC(C(=O)NCc4ccccc4Cl)CC3NC2=O)c1. The number of carbonyl (C=O) groups excluding carboxylic acids is 2. The molecule has 30 heavy (non-hydrogen) atoms. The fraction of sp³-hybridized carbons (Fsp3) is 0.333. The van der Waals surface area contributed by atoms with Gasteiger partial charge in [0.05, 0.1) is 4.91 Å². The van der Waals surface area contributed by atoms with E-state index in [0.29, 0.717) is 23.2 Å². The maximum atomic E-state index is 12.7. The van der Waals surface area contributed by atoms with Crippen LogP contribution >= 0.6 is 23.4 Å². The molecule has 1 heterocycles. The smallest absolute Gasteiger partial charge is 0.257 e. The monoisotopic (exact) mass is 440 g/mol. The lowest BCUT2D eigenvalue weighted by Gasteiger charge is -2.39. The van der Waals surface area contributed by atoms with E-state index < -0.39 is 0 Å². The van der Waals surface area contributed by atoms with Crippen LogP contribution in [0.5, 0.6) is 0 Å². The minimum atomic E-state index is -0.0862. The number of fused-ring (bicyclic) bond motifs is 1. The number of carbonyl (C=O) groups is 2. The minimum absolute atomic E-state index is 0.0296. The summed E-state index contributed by atoms with van der Waals surface area (Å²) in [5.41, 5.74) is 3.12. The standard InChI is InChI=1S/C24H25ClN2O2S/c1-15-5-4-6-16(11-15)12-22-24(29)27-20-13-17(9-10-21(20)30-22)23(28)26-14-18-7-2-3-8-19(18)25/h2-8,11-12,17,20-21H,9-10,13-14H2,1H3,(H,26,28)(H,27,29)/b22-12+. The third-order valence-corrected chi connectivity index (χ3v) is 7.52. The summed E-state index contributed by atoms with van der Waals surface area (Å²) in [5, 5.41) is 7.12. The number of amides is 2. The van der Waals surface area contributed by atoms with E-state index in [1.54, 1.807) is 11.8 Å². The lowest BCUT2D eigenvalue weighted by atomic mass is 9.84. The van der Waals surface area contributed by atoms with Crippen molar-refractivity contribution in [3.63, 3.8) is 0 Å². The average molecular weight is 441 g/mol. The van der Waals surface area contributed by atoms with Crippen molar-refractivity contribution in [1.82, 2.24) is 10.6 Å². The van der Waals surface area contributed by atoms with Crippen LogP contribution in [0.2, 0.25) is 5.02 Å². The van der Waals surface area contributed by atoms with Gasteiger partial charge in [-0.25, -0.2) is 0 Å². The van der Waals surface area contributed by atoms with Gasteiger partial charge in [-0.15, -0.1) is 11.8 Å². The Morgan fingerprint density at radius 3 is 2.87 bits per heavy atom. The minimum Gasteiger partial charge on any atom is -0.352 e. The second-order valence-corrected chi connectivity index (χ2v) is 9.67. The highest BCUT2D eigenvalue weighted by molar-refractivity contribution is 8.04. The zero-order chi connectivity index (χ0) is 21.1. The molecule has 4 rings (SSSR count). The summed E-state index contributed by atoms with van der Waals surface area (Å²) >= 11 is 7.82.